The summed E-state index contributed by atoms with van der Waals surface area (Å²) in [5, 5.41) is 12.6. The lowest BCUT2D eigenvalue weighted by Gasteiger charge is -2.19. The molecule has 1 aromatic heterocycles. The first kappa shape index (κ1) is 21.9. The maximum absolute atomic E-state index is 11.8. The van der Waals surface area contributed by atoms with Crippen LogP contribution in [0.4, 0.5) is 9.59 Å². The smallest absolute Gasteiger partial charge is 0.407 e. The number of likely N-dealkylation sites (tertiary alicyclic amines) is 1. The topological polar surface area (TPSA) is 101 Å². The highest BCUT2D eigenvalue weighted by Gasteiger charge is 2.26. The standard InChI is InChI=1S/C21H27N3O5S/c1-21(2,3)29-19(25)23-11-17-10-22-18(30-17)15-4-6-16(7-5-15)28-13-14-8-9-24(12-14)20(26)27/h4-7,10,14H,8-9,11-13H2,1-3H3,(H,23,25)(H,26,27). The van der Waals surface area contributed by atoms with Crippen molar-refractivity contribution in [3.05, 3.63) is 35.3 Å². The minimum atomic E-state index is -0.869. The van der Waals surface area contributed by atoms with Crippen molar-refractivity contribution in [2.75, 3.05) is 19.7 Å². The predicted octanol–water partition coefficient (Wildman–Crippen LogP) is 4.21. The maximum atomic E-state index is 11.8. The maximum Gasteiger partial charge on any atom is 0.407 e. The Hall–Kier alpha value is -2.81. The third kappa shape index (κ3) is 6.35. The monoisotopic (exact) mass is 433 g/mol. The Morgan fingerprint density at radius 2 is 2.03 bits per heavy atom. The van der Waals surface area contributed by atoms with Gasteiger partial charge in [0.1, 0.15) is 16.4 Å². The van der Waals surface area contributed by atoms with Crippen LogP contribution in [0.15, 0.2) is 30.5 Å². The van der Waals surface area contributed by atoms with Gasteiger partial charge in [0, 0.05) is 35.6 Å². The number of benzene rings is 1. The summed E-state index contributed by atoms with van der Waals surface area (Å²) in [4.78, 5) is 29.5. The highest BCUT2D eigenvalue weighted by molar-refractivity contribution is 7.15. The van der Waals surface area contributed by atoms with E-state index in [-0.39, 0.29) is 5.92 Å². The fourth-order valence-electron chi connectivity index (χ4n) is 3.05. The van der Waals surface area contributed by atoms with E-state index < -0.39 is 17.8 Å². The third-order valence-corrected chi connectivity index (χ3v) is 5.55. The zero-order chi connectivity index (χ0) is 21.7. The minimum absolute atomic E-state index is 0.222. The highest BCUT2D eigenvalue weighted by atomic mass is 32.1. The van der Waals surface area contributed by atoms with Gasteiger partial charge < -0.3 is 24.8 Å². The van der Waals surface area contributed by atoms with E-state index in [4.69, 9.17) is 14.6 Å². The largest absolute Gasteiger partial charge is 0.493 e. The van der Waals surface area contributed by atoms with Crippen LogP contribution in [0, 0.1) is 5.92 Å². The van der Waals surface area contributed by atoms with Gasteiger partial charge in [-0.15, -0.1) is 11.3 Å². The number of thiazole rings is 1. The van der Waals surface area contributed by atoms with E-state index in [0.29, 0.717) is 26.2 Å². The van der Waals surface area contributed by atoms with E-state index in [9.17, 15) is 9.59 Å². The van der Waals surface area contributed by atoms with Crippen molar-refractivity contribution in [3.8, 4) is 16.3 Å². The highest BCUT2D eigenvalue weighted by Crippen LogP contribution is 2.27. The number of nitrogens with one attached hydrogen (secondary N) is 1. The van der Waals surface area contributed by atoms with Crippen LogP contribution in [0.25, 0.3) is 10.6 Å². The molecule has 162 valence electrons. The first-order valence-electron chi connectivity index (χ1n) is 9.82. The van der Waals surface area contributed by atoms with Crippen LogP contribution in [-0.2, 0) is 11.3 Å². The van der Waals surface area contributed by atoms with Crippen molar-refractivity contribution in [3.63, 3.8) is 0 Å². The van der Waals surface area contributed by atoms with E-state index in [0.717, 1.165) is 27.6 Å². The summed E-state index contributed by atoms with van der Waals surface area (Å²) in [5.74, 6) is 0.968. The molecular weight excluding hydrogens is 406 g/mol. The fraction of sp³-hybridized carbons (Fsp3) is 0.476. The Morgan fingerprint density at radius 1 is 1.30 bits per heavy atom. The van der Waals surface area contributed by atoms with Crippen LogP contribution >= 0.6 is 11.3 Å². The second-order valence-electron chi connectivity index (χ2n) is 8.21. The van der Waals surface area contributed by atoms with Crippen molar-refractivity contribution in [2.24, 2.45) is 5.92 Å². The Balaban J connectivity index is 1.48. The van der Waals surface area contributed by atoms with Gasteiger partial charge in [-0.3, -0.25) is 0 Å². The molecular formula is C21H27N3O5S. The number of ether oxygens (including phenoxy) is 2. The molecule has 2 amide bonds. The summed E-state index contributed by atoms with van der Waals surface area (Å²) in [6.45, 7) is 7.42. The van der Waals surface area contributed by atoms with Gasteiger partial charge in [-0.05, 0) is 51.5 Å². The number of amides is 2. The van der Waals surface area contributed by atoms with Crippen LogP contribution in [0.2, 0.25) is 0 Å². The van der Waals surface area contributed by atoms with Crippen LogP contribution in [0.1, 0.15) is 32.1 Å². The first-order chi connectivity index (χ1) is 14.2. The number of alkyl carbamates (subject to hydrolysis) is 1. The fourth-order valence-corrected chi connectivity index (χ4v) is 3.90. The number of carboxylic acid groups (broad SMARTS) is 1. The SMILES string of the molecule is CC(C)(C)OC(=O)NCc1cnc(-c2ccc(OCC3CCN(C(=O)O)C3)cc2)s1. The van der Waals surface area contributed by atoms with E-state index in [1.807, 2.05) is 45.0 Å². The zero-order valence-electron chi connectivity index (χ0n) is 17.4. The number of nitrogens with zero attached hydrogens (tertiary/aromatic N) is 2. The summed E-state index contributed by atoms with van der Waals surface area (Å²) in [5.41, 5.74) is 0.439. The molecule has 1 aliphatic heterocycles. The molecule has 0 saturated carbocycles. The normalized spacial score (nSPS) is 16.4. The lowest BCUT2D eigenvalue weighted by atomic mass is 10.1. The lowest BCUT2D eigenvalue weighted by Crippen LogP contribution is -2.31. The zero-order valence-corrected chi connectivity index (χ0v) is 18.2. The van der Waals surface area contributed by atoms with Gasteiger partial charge in [0.25, 0.3) is 0 Å². The molecule has 0 aliphatic carbocycles. The van der Waals surface area contributed by atoms with Crippen molar-refractivity contribution in [2.45, 2.75) is 39.3 Å². The summed E-state index contributed by atoms with van der Waals surface area (Å²) < 4.78 is 11.1. The molecule has 1 aromatic carbocycles. The van der Waals surface area contributed by atoms with Crippen LogP contribution in [-0.4, -0.2) is 52.5 Å². The molecule has 30 heavy (non-hydrogen) atoms. The Kier molecular flexibility index (Phi) is 6.81. The molecule has 1 fully saturated rings. The Labute approximate surface area is 179 Å². The van der Waals surface area contributed by atoms with Crippen molar-refractivity contribution in [1.29, 1.82) is 0 Å². The Morgan fingerprint density at radius 3 is 2.67 bits per heavy atom. The molecule has 1 atom stereocenters. The van der Waals surface area contributed by atoms with Crippen LogP contribution < -0.4 is 10.1 Å². The molecule has 0 bridgehead atoms. The van der Waals surface area contributed by atoms with Crippen LogP contribution in [0.5, 0.6) is 5.75 Å². The van der Waals surface area contributed by atoms with Gasteiger partial charge in [-0.1, -0.05) is 0 Å². The number of hydrogen-bond donors (Lipinski definition) is 2. The van der Waals surface area contributed by atoms with Crippen molar-refractivity contribution >= 4 is 23.5 Å². The number of carbonyl (C=O) groups is 2. The molecule has 9 heteroatoms. The van der Waals surface area contributed by atoms with Gasteiger partial charge >= 0.3 is 12.2 Å². The van der Waals surface area contributed by atoms with Gasteiger partial charge in [0.05, 0.1) is 13.2 Å². The lowest BCUT2D eigenvalue weighted by molar-refractivity contribution is 0.0524. The number of carbonyl (C=O) groups excluding carboxylic acids is 1. The minimum Gasteiger partial charge on any atom is -0.493 e. The summed E-state index contributed by atoms with van der Waals surface area (Å²) in [6, 6.07) is 7.66. The summed E-state index contributed by atoms with van der Waals surface area (Å²) >= 11 is 1.51. The number of rotatable bonds is 6. The summed E-state index contributed by atoms with van der Waals surface area (Å²) in [7, 11) is 0. The quantitative estimate of drug-likeness (QED) is 0.708. The molecule has 2 heterocycles. The van der Waals surface area contributed by atoms with Crippen molar-refractivity contribution < 1.29 is 24.2 Å². The van der Waals surface area contributed by atoms with Gasteiger partial charge in [-0.2, -0.15) is 0 Å². The summed E-state index contributed by atoms with van der Waals surface area (Å²) in [6.07, 6.45) is 1.25. The van der Waals surface area contributed by atoms with E-state index in [2.05, 4.69) is 10.3 Å². The van der Waals surface area contributed by atoms with Gasteiger partial charge in [0.15, 0.2) is 0 Å². The number of hydrogen-bond acceptors (Lipinski definition) is 6. The molecule has 1 aliphatic rings. The second-order valence-corrected chi connectivity index (χ2v) is 9.32. The molecule has 1 saturated heterocycles. The predicted molar refractivity (Wildman–Crippen MR) is 114 cm³/mol. The molecule has 8 nitrogen and oxygen atoms in total. The molecule has 1 unspecified atom stereocenters. The van der Waals surface area contributed by atoms with Gasteiger partial charge in [0.2, 0.25) is 0 Å². The molecule has 2 N–H and O–H groups in total. The number of aromatic nitrogens is 1. The van der Waals surface area contributed by atoms with E-state index >= 15 is 0 Å². The van der Waals surface area contributed by atoms with E-state index in [1.165, 1.54) is 16.2 Å². The molecule has 0 radical (unpaired) electrons. The molecule has 3 rings (SSSR count). The van der Waals surface area contributed by atoms with Gasteiger partial charge in [-0.25, -0.2) is 14.6 Å². The Bertz CT molecular complexity index is 876. The average Bonchev–Trinajstić information content (AvgIpc) is 3.33. The molecule has 2 aromatic rings. The first-order valence-corrected chi connectivity index (χ1v) is 10.6. The molecule has 0 spiro atoms. The van der Waals surface area contributed by atoms with Crippen LogP contribution in [0.3, 0.4) is 0 Å². The third-order valence-electron chi connectivity index (χ3n) is 4.50. The van der Waals surface area contributed by atoms with Crippen molar-refractivity contribution in [1.82, 2.24) is 15.2 Å². The van der Waals surface area contributed by atoms with E-state index in [1.54, 1.807) is 6.20 Å². The second kappa shape index (κ2) is 9.34. The average molecular weight is 434 g/mol.